The summed E-state index contributed by atoms with van der Waals surface area (Å²) >= 11 is 0. The summed E-state index contributed by atoms with van der Waals surface area (Å²) in [6.07, 6.45) is 2.59. The molecule has 14 nitrogen and oxygen atoms in total. The Kier molecular flexibility index (Phi) is 8.88. The van der Waals surface area contributed by atoms with Crippen molar-refractivity contribution in [3.63, 3.8) is 0 Å². The van der Waals surface area contributed by atoms with Crippen LogP contribution in [0.1, 0.15) is 32.3 Å². The first-order chi connectivity index (χ1) is 24.4. The van der Waals surface area contributed by atoms with Crippen LogP contribution >= 0.6 is 0 Å². The normalized spacial score (nSPS) is 19.5. The predicted molar refractivity (Wildman–Crippen MR) is 186 cm³/mol. The van der Waals surface area contributed by atoms with E-state index >= 15 is 8.78 Å². The smallest absolute Gasteiger partial charge is 0.319 e. The van der Waals surface area contributed by atoms with Gasteiger partial charge < -0.3 is 45.0 Å². The minimum Gasteiger partial charge on any atom is -0.508 e. The number of nitrogens with zero attached hydrogens (tertiary/aromatic N) is 6. The number of anilines is 1. The zero-order valence-corrected chi connectivity index (χ0v) is 28.4. The molecule has 1 aliphatic heterocycles. The highest BCUT2D eigenvalue weighted by Crippen LogP contribution is 2.48. The van der Waals surface area contributed by atoms with Crippen LogP contribution in [0.25, 0.3) is 38.4 Å². The highest BCUT2D eigenvalue weighted by atomic mass is 19.1. The second-order valence-corrected chi connectivity index (χ2v) is 14.0. The molecule has 0 bridgehead atoms. The van der Waals surface area contributed by atoms with Crippen LogP contribution in [0.2, 0.25) is 0 Å². The van der Waals surface area contributed by atoms with Crippen LogP contribution in [0.5, 0.6) is 11.8 Å². The lowest BCUT2D eigenvalue weighted by atomic mass is 9.92. The molecule has 7 rings (SSSR count). The largest absolute Gasteiger partial charge is 0.508 e. The standard InChI is InChI=1S/C34H36B2F2N6O8/c1-3-20-22(37)5-4-18-12-19(45)13-21(24(18)20)28-26(38)27-25(23-6-9-39-44(23)28)29(42-10-11-51-16-31(2,46)14-42)41-30(40-27)52-17-32(7-8-32)15-43(33(35,47)48)34(36,49)50/h4-6,9,12-13,45-50H,3,7-8,10-11,14-17H2,1-2H3. The van der Waals surface area contributed by atoms with E-state index in [2.05, 4.69) is 15.1 Å². The number of benzene rings is 2. The van der Waals surface area contributed by atoms with Gasteiger partial charge in [0.25, 0.3) is 0 Å². The fraction of sp³-hybridized carbons (Fsp3) is 0.441. The number of halogens is 2. The molecule has 1 aliphatic carbocycles. The molecule has 0 spiro atoms. The molecule has 52 heavy (non-hydrogen) atoms. The first-order valence-electron chi connectivity index (χ1n) is 16.7. The molecule has 4 heterocycles. The maximum Gasteiger partial charge on any atom is 0.319 e. The number of pyridine rings is 1. The summed E-state index contributed by atoms with van der Waals surface area (Å²) in [7, 11) is 10.7. The number of ether oxygens (including phenoxy) is 2. The summed E-state index contributed by atoms with van der Waals surface area (Å²) in [6.45, 7) is 3.26. The Morgan fingerprint density at radius 1 is 1.06 bits per heavy atom. The van der Waals surface area contributed by atoms with Gasteiger partial charge >= 0.3 is 6.01 Å². The summed E-state index contributed by atoms with van der Waals surface area (Å²) < 4.78 is 45.7. The molecule has 1 saturated heterocycles. The monoisotopic (exact) mass is 716 g/mol. The number of aliphatic hydroxyl groups is 5. The number of hydrogen-bond donors (Lipinski definition) is 6. The Bertz CT molecular complexity index is 2170. The van der Waals surface area contributed by atoms with Gasteiger partial charge in [0.1, 0.15) is 34.2 Å². The molecule has 5 aromatic rings. The number of aryl methyl sites for hydroxylation is 1. The zero-order valence-electron chi connectivity index (χ0n) is 28.4. The number of rotatable bonds is 10. The van der Waals surface area contributed by atoms with Crippen molar-refractivity contribution in [2.45, 2.75) is 50.3 Å². The van der Waals surface area contributed by atoms with E-state index in [0.29, 0.717) is 34.7 Å². The molecule has 4 radical (unpaired) electrons. The van der Waals surface area contributed by atoms with E-state index in [1.807, 2.05) is 0 Å². The summed E-state index contributed by atoms with van der Waals surface area (Å²) in [4.78, 5) is 11.2. The van der Waals surface area contributed by atoms with E-state index in [1.165, 1.54) is 35.0 Å². The first kappa shape index (κ1) is 36.2. The zero-order chi connectivity index (χ0) is 37.4. The summed E-state index contributed by atoms with van der Waals surface area (Å²) in [5, 5.41) is 67.3. The molecule has 1 atom stereocenters. The van der Waals surface area contributed by atoms with Gasteiger partial charge in [-0.2, -0.15) is 15.1 Å². The van der Waals surface area contributed by atoms with Crippen LogP contribution in [0.3, 0.4) is 0 Å². The molecule has 0 amide bonds. The highest BCUT2D eigenvalue weighted by Gasteiger charge is 2.51. The molecular weight excluding hydrogens is 680 g/mol. The highest BCUT2D eigenvalue weighted by molar-refractivity contribution is 6.15. The molecule has 270 valence electrons. The van der Waals surface area contributed by atoms with Crippen LogP contribution < -0.4 is 9.64 Å². The molecule has 2 fully saturated rings. The topological polar surface area (TPSA) is 189 Å². The summed E-state index contributed by atoms with van der Waals surface area (Å²) in [5.74, 6) is -7.76. The second-order valence-electron chi connectivity index (χ2n) is 14.0. The maximum atomic E-state index is 17.4. The van der Waals surface area contributed by atoms with Crippen molar-refractivity contribution >= 4 is 48.7 Å². The number of hydrogen-bond acceptors (Lipinski definition) is 13. The first-order valence-corrected chi connectivity index (χ1v) is 16.7. The molecular formula is C34H36B2F2N6O8. The van der Waals surface area contributed by atoms with Gasteiger partial charge in [0.05, 0.1) is 43.5 Å². The molecule has 18 heteroatoms. The number of phenolic OH excluding ortho intramolecular Hbond substituents is 1. The van der Waals surface area contributed by atoms with Crippen molar-refractivity contribution in [1.82, 2.24) is 24.5 Å². The van der Waals surface area contributed by atoms with Gasteiger partial charge in [0.2, 0.25) is 0 Å². The number of aromatic nitrogens is 4. The Labute approximate surface area is 298 Å². The van der Waals surface area contributed by atoms with Crippen molar-refractivity contribution in [3.05, 3.63) is 53.7 Å². The predicted octanol–water partition coefficient (Wildman–Crippen LogP) is 1.22. The van der Waals surface area contributed by atoms with Gasteiger partial charge in [0.15, 0.2) is 33.1 Å². The molecule has 6 N–H and O–H groups in total. The maximum absolute atomic E-state index is 17.4. The Balaban J connectivity index is 1.43. The fourth-order valence-corrected chi connectivity index (χ4v) is 6.99. The van der Waals surface area contributed by atoms with Gasteiger partial charge in [-0.25, -0.2) is 18.2 Å². The van der Waals surface area contributed by atoms with E-state index in [-0.39, 0.29) is 84.0 Å². The van der Waals surface area contributed by atoms with Gasteiger partial charge in [-0.3, -0.25) is 0 Å². The van der Waals surface area contributed by atoms with E-state index < -0.39 is 40.8 Å². The second kappa shape index (κ2) is 12.8. The van der Waals surface area contributed by atoms with Gasteiger partial charge in [-0.05, 0) is 66.8 Å². The third-order valence-electron chi connectivity index (χ3n) is 9.66. The molecule has 2 aromatic carbocycles. The molecule has 3 aromatic heterocycles. The third kappa shape index (κ3) is 6.64. The molecule has 1 saturated carbocycles. The van der Waals surface area contributed by atoms with Crippen LogP contribution in [0, 0.1) is 17.0 Å². The summed E-state index contributed by atoms with van der Waals surface area (Å²) in [6, 6.07) is 6.96. The lowest BCUT2D eigenvalue weighted by Gasteiger charge is -2.42. The van der Waals surface area contributed by atoms with Gasteiger partial charge in [0, 0.05) is 24.1 Å². The van der Waals surface area contributed by atoms with E-state index in [0.717, 1.165) is 0 Å². The molecule has 1 unspecified atom stereocenters. The average molecular weight is 716 g/mol. The van der Waals surface area contributed by atoms with Crippen LogP contribution in [-0.4, -0.2) is 127 Å². The van der Waals surface area contributed by atoms with Crippen molar-refractivity contribution in [2.75, 3.05) is 44.4 Å². The van der Waals surface area contributed by atoms with Crippen molar-refractivity contribution in [2.24, 2.45) is 5.41 Å². The number of β-amino-alcohol motifs (C(OH)–C–C–N with tert-alkyl or cyclic N) is 1. The van der Waals surface area contributed by atoms with Crippen molar-refractivity contribution in [1.29, 1.82) is 0 Å². The van der Waals surface area contributed by atoms with Crippen molar-refractivity contribution < 1.29 is 48.9 Å². The van der Waals surface area contributed by atoms with Crippen LogP contribution in [0.4, 0.5) is 14.6 Å². The van der Waals surface area contributed by atoms with Crippen LogP contribution in [0.15, 0.2) is 36.5 Å². The molecule has 2 aliphatic rings. The van der Waals surface area contributed by atoms with E-state index in [9.17, 15) is 30.6 Å². The van der Waals surface area contributed by atoms with Gasteiger partial charge in [-0.1, -0.05) is 13.0 Å². The lowest BCUT2D eigenvalue weighted by molar-refractivity contribution is -0.317. The van der Waals surface area contributed by atoms with Crippen molar-refractivity contribution in [3.8, 4) is 23.0 Å². The lowest BCUT2D eigenvalue weighted by Crippen LogP contribution is -2.63. The number of aromatic hydroxyl groups is 1. The third-order valence-corrected chi connectivity index (χ3v) is 9.66. The van der Waals surface area contributed by atoms with E-state index in [1.54, 1.807) is 24.8 Å². The average Bonchev–Trinajstić information content (AvgIpc) is 3.72. The Morgan fingerprint density at radius 3 is 2.46 bits per heavy atom. The van der Waals surface area contributed by atoms with Crippen LogP contribution in [-0.2, 0) is 11.2 Å². The number of phenols is 1. The number of fused-ring (bicyclic) bond motifs is 4. The Hall–Kier alpha value is -4.16. The fourth-order valence-electron chi connectivity index (χ4n) is 6.99. The van der Waals surface area contributed by atoms with E-state index in [4.69, 9.17) is 25.2 Å². The Morgan fingerprint density at radius 2 is 1.79 bits per heavy atom. The van der Waals surface area contributed by atoms with Gasteiger partial charge in [-0.15, -0.1) is 0 Å². The summed E-state index contributed by atoms with van der Waals surface area (Å²) in [5.41, 5.74) is -1.70. The minimum atomic E-state index is -3.20. The SMILES string of the molecule is [B]C(O)(O)N(CC1(COc2nc(N3CCOCC(C)(O)C3)c3c(n2)c(F)c(-c2cc(O)cc4ccc(F)c(CC)c24)n2nccc32)CC1)C([B])(O)O. The minimum absolute atomic E-state index is 0.0348. The quantitative estimate of drug-likeness (QED) is 0.0896.